The van der Waals surface area contributed by atoms with Gasteiger partial charge in [-0.05, 0) is 45.8 Å². The van der Waals surface area contributed by atoms with Crippen LogP contribution in [-0.4, -0.2) is 59.6 Å². The molecule has 0 unspecified atom stereocenters. The Morgan fingerprint density at radius 2 is 1.94 bits per heavy atom. The number of epoxide rings is 2. The van der Waals surface area contributed by atoms with E-state index in [1.165, 1.54) is 0 Å². The predicted octanol–water partition coefficient (Wildman–Crippen LogP) is 3.03. The molecule has 33 heavy (non-hydrogen) atoms. The Balaban J connectivity index is 1.64. The van der Waals surface area contributed by atoms with Gasteiger partial charge >= 0.3 is 17.9 Å². The van der Waals surface area contributed by atoms with E-state index in [1.807, 2.05) is 34.6 Å². The first-order chi connectivity index (χ1) is 15.4. The molecule has 0 bridgehead atoms. The summed E-state index contributed by atoms with van der Waals surface area (Å²) in [5.74, 6) is -2.04. The normalized spacial score (nSPS) is 44.4. The SMILES string of the molecule is C=C1C(=O)O[C@@H]2/C=C(/C)[C@@H](OC(=O)[C@H](C)CC)C[C@H]3O[C@]3(C)C[C@@H](OC(=O)[C@]3(C)O[C@@H]3C)[C@@H]12. The molecule has 3 saturated heterocycles. The quantitative estimate of drug-likeness (QED) is 0.202. The van der Waals surface area contributed by atoms with Crippen LogP contribution < -0.4 is 0 Å². The summed E-state index contributed by atoms with van der Waals surface area (Å²) in [5.41, 5.74) is -0.551. The first-order valence-electron chi connectivity index (χ1n) is 11.7. The third-order valence-electron chi connectivity index (χ3n) is 7.74. The first-order valence-corrected chi connectivity index (χ1v) is 11.7. The number of rotatable bonds is 5. The molecule has 4 rings (SSSR count). The van der Waals surface area contributed by atoms with E-state index in [9.17, 15) is 14.4 Å². The molecule has 0 saturated carbocycles. The van der Waals surface area contributed by atoms with Crippen molar-refractivity contribution in [3.63, 3.8) is 0 Å². The maximum absolute atomic E-state index is 12.9. The molecule has 0 radical (unpaired) electrons. The van der Waals surface area contributed by atoms with Crippen LogP contribution in [0.5, 0.6) is 0 Å². The van der Waals surface area contributed by atoms with Gasteiger partial charge in [-0.1, -0.05) is 20.4 Å². The van der Waals surface area contributed by atoms with Crippen LogP contribution in [0.25, 0.3) is 0 Å². The number of esters is 3. The Labute approximate surface area is 194 Å². The second-order valence-corrected chi connectivity index (χ2v) is 10.2. The van der Waals surface area contributed by atoms with Crippen molar-refractivity contribution in [1.29, 1.82) is 0 Å². The third kappa shape index (κ3) is 4.35. The minimum absolute atomic E-state index is 0.175. The Bertz CT molecular complexity index is 908. The van der Waals surface area contributed by atoms with Gasteiger partial charge in [-0.25, -0.2) is 9.59 Å². The zero-order chi connectivity index (χ0) is 24.3. The van der Waals surface area contributed by atoms with Gasteiger partial charge in [0.05, 0.1) is 29.6 Å². The maximum Gasteiger partial charge on any atom is 0.341 e. The van der Waals surface area contributed by atoms with E-state index in [0.717, 1.165) is 5.57 Å². The average molecular weight is 463 g/mol. The Morgan fingerprint density at radius 3 is 2.55 bits per heavy atom. The minimum atomic E-state index is -0.985. The van der Waals surface area contributed by atoms with Crippen LogP contribution in [0.3, 0.4) is 0 Å². The van der Waals surface area contributed by atoms with Gasteiger partial charge in [-0.3, -0.25) is 4.79 Å². The number of hydrogen-bond donors (Lipinski definition) is 0. The molecule has 0 aromatic heterocycles. The van der Waals surface area contributed by atoms with Gasteiger partial charge in [0.25, 0.3) is 0 Å². The van der Waals surface area contributed by atoms with Gasteiger partial charge in [-0.15, -0.1) is 0 Å². The fourth-order valence-corrected chi connectivity index (χ4v) is 4.70. The van der Waals surface area contributed by atoms with Gasteiger partial charge in [0, 0.05) is 18.4 Å². The highest BCUT2D eigenvalue weighted by Gasteiger charge is 2.61. The molecular formula is C25H34O8. The van der Waals surface area contributed by atoms with Crippen molar-refractivity contribution in [1.82, 2.24) is 0 Å². The Morgan fingerprint density at radius 1 is 1.27 bits per heavy atom. The van der Waals surface area contributed by atoms with Gasteiger partial charge in [-0.2, -0.15) is 0 Å². The summed E-state index contributed by atoms with van der Waals surface area (Å²) in [6, 6.07) is 0. The van der Waals surface area contributed by atoms with E-state index in [-0.39, 0.29) is 29.7 Å². The van der Waals surface area contributed by atoms with Crippen LogP contribution in [0, 0.1) is 11.8 Å². The maximum atomic E-state index is 12.9. The van der Waals surface area contributed by atoms with Crippen LogP contribution in [0.15, 0.2) is 23.8 Å². The second kappa shape index (κ2) is 8.24. The first kappa shape index (κ1) is 24.0. The smallest absolute Gasteiger partial charge is 0.341 e. The van der Waals surface area contributed by atoms with Crippen LogP contribution in [0.4, 0.5) is 0 Å². The zero-order valence-corrected chi connectivity index (χ0v) is 20.2. The summed E-state index contributed by atoms with van der Waals surface area (Å²) >= 11 is 0. The average Bonchev–Trinajstić information content (AvgIpc) is 3.55. The lowest BCUT2D eigenvalue weighted by atomic mass is 9.82. The third-order valence-corrected chi connectivity index (χ3v) is 7.74. The van der Waals surface area contributed by atoms with E-state index >= 15 is 0 Å². The summed E-state index contributed by atoms with van der Waals surface area (Å²) < 4.78 is 28.8. The lowest BCUT2D eigenvalue weighted by molar-refractivity contribution is -0.159. The second-order valence-electron chi connectivity index (χ2n) is 10.2. The van der Waals surface area contributed by atoms with Crippen molar-refractivity contribution in [3.8, 4) is 0 Å². The van der Waals surface area contributed by atoms with Crippen LogP contribution in [0.2, 0.25) is 0 Å². The fraction of sp³-hybridized carbons (Fsp3) is 0.720. The Hall–Kier alpha value is -2.19. The molecule has 0 spiro atoms. The predicted molar refractivity (Wildman–Crippen MR) is 117 cm³/mol. The minimum Gasteiger partial charge on any atom is -0.459 e. The Kier molecular flexibility index (Phi) is 5.98. The van der Waals surface area contributed by atoms with Crippen molar-refractivity contribution in [2.24, 2.45) is 11.8 Å². The van der Waals surface area contributed by atoms with Crippen molar-refractivity contribution in [2.45, 2.75) is 103 Å². The van der Waals surface area contributed by atoms with E-state index in [0.29, 0.717) is 19.3 Å². The summed E-state index contributed by atoms with van der Waals surface area (Å²) in [5, 5.41) is 0. The van der Waals surface area contributed by atoms with Crippen LogP contribution in [-0.2, 0) is 38.1 Å². The summed E-state index contributed by atoms with van der Waals surface area (Å²) in [6.45, 7) is 15.0. The van der Waals surface area contributed by atoms with Gasteiger partial charge in [0.1, 0.15) is 18.3 Å². The highest BCUT2D eigenvalue weighted by Crippen LogP contribution is 2.49. The topological polar surface area (TPSA) is 104 Å². The van der Waals surface area contributed by atoms with E-state index in [1.54, 1.807) is 13.0 Å². The highest BCUT2D eigenvalue weighted by molar-refractivity contribution is 5.91. The standard InChI is InChI=1S/C25H34O8/c1-8-12(2)21(26)29-16-10-19-24(6,33-19)11-18(31-23(28)25(7)15(5)32-25)20-14(4)22(27)30-17(20)9-13(16)3/h9,12,15-20H,4,8,10-11H2,1-3,5-7H3/b13-9-/t12-,15-,16+,17-,18-,19-,20+,24-,25-/m1/s1. The number of ether oxygens (including phenoxy) is 5. The molecule has 182 valence electrons. The van der Waals surface area contributed by atoms with E-state index in [4.69, 9.17) is 23.7 Å². The molecule has 0 N–H and O–H groups in total. The molecule has 3 aliphatic heterocycles. The number of carbonyl (C=O) groups is 3. The van der Waals surface area contributed by atoms with Crippen molar-refractivity contribution < 1.29 is 38.1 Å². The number of carbonyl (C=O) groups excluding carboxylic acids is 3. The lowest BCUT2D eigenvalue weighted by Gasteiger charge is -2.30. The summed E-state index contributed by atoms with van der Waals surface area (Å²) in [7, 11) is 0. The van der Waals surface area contributed by atoms with Crippen molar-refractivity contribution in [2.75, 3.05) is 0 Å². The number of fused-ring (bicyclic) bond motifs is 2. The van der Waals surface area contributed by atoms with E-state index in [2.05, 4.69) is 6.58 Å². The molecule has 0 aromatic rings. The molecule has 4 aliphatic rings. The largest absolute Gasteiger partial charge is 0.459 e. The van der Waals surface area contributed by atoms with Gasteiger partial charge in [0.2, 0.25) is 0 Å². The molecule has 8 nitrogen and oxygen atoms in total. The molecule has 9 atom stereocenters. The summed E-state index contributed by atoms with van der Waals surface area (Å²) in [6.07, 6.45) is 1.06. The highest BCUT2D eigenvalue weighted by atomic mass is 16.7. The number of hydrogen-bond acceptors (Lipinski definition) is 8. The fourth-order valence-electron chi connectivity index (χ4n) is 4.70. The van der Waals surface area contributed by atoms with Gasteiger partial charge in [0.15, 0.2) is 5.60 Å². The monoisotopic (exact) mass is 462 g/mol. The summed E-state index contributed by atoms with van der Waals surface area (Å²) in [4.78, 5) is 37.8. The van der Waals surface area contributed by atoms with E-state index < -0.39 is 47.4 Å². The molecule has 0 amide bonds. The van der Waals surface area contributed by atoms with Crippen LogP contribution in [0.1, 0.15) is 60.8 Å². The molecule has 8 heteroatoms. The molecule has 1 aliphatic carbocycles. The lowest BCUT2D eigenvalue weighted by Crippen LogP contribution is -2.40. The van der Waals surface area contributed by atoms with Gasteiger partial charge < -0.3 is 23.7 Å². The zero-order valence-electron chi connectivity index (χ0n) is 20.2. The van der Waals surface area contributed by atoms with Crippen molar-refractivity contribution >= 4 is 17.9 Å². The molecule has 3 fully saturated rings. The molecule has 0 aromatic carbocycles. The molecule has 3 heterocycles. The molecular weight excluding hydrogens is 428 g/mol. The van der Waals surface area contributed by atoms with Crippen molar-refractivity contribution in [3.05, 3.63) is 23.8 Å². The van der Waals surface area contributed by atoms with Crippen LogP contribution >= 0.6 is 0 Å².